The first-order valence-electron chi connectivity index (χ1n) is 8.21. The average Bonchev–Trinajstić information content (AvgIpc) is 2.68. The number of amides is 1. The lowest BCUT2D eigenvalue weighted by molar-refractivity contribution is -0.121. The molecule has 7 nitrogen and oxygen atoms in total. The summed E-state index contributed by atoms with van der Waals surface area (Å²) >= 11 is 6.01. The summed E-state index contributed by atoms with van der Waals surface area (Å²) in [6, 6.07) is 9.13. The van der Waals surface area contributed by atoms with E-state index < -0.39 is 18.5 Å². The van der Waals surface area contributed by atoms with Gasteiger partial charge in [-0.15, -0.1) is 0 Å². The number of anilines is 1. The molecule has 1 N–H and O–H groups in total. The third-order valence-electron chi connectivity index (χ3n) is 3.65. The van der Waals surface area contributed by atoms with Crippen LogP contribution in [0, 0.1) is 0 Å². The topological polar surface area (TPSA) is 83.1 Å². The van der Waals surface area contributed by atoms with Crippen molar-refractivity contribution in [3.8, 4) is 11.5 Å². The van der Waals surface area contributed by atoms with Crippen molar-refractivity contribution in [3.63, 3.8) is 0 Å². The molecule has 0 unspecified atom stereocenters. The van der Waals surface area contributed by atoms with Crippen molar-refractivity contribution in [2.75, 3.05) is 26.1 Å². The van der Waals surface area contributed by atoms with Crippen molar-refractivity contribution >= 4 is 29.2 Å². The Morgan fingerprint density at radius 2 is 1.86 bits per heavy atom. The number of carbonyl (C=O) groups is 2. The zero-order valence-electron chi connectivity index (χ0n) is 15.5. The summed E-state index contributed by atoms with van der Waals surface area (Å²) in [6.45, 7) is -3.42. The molecule has 0 spiro atoms. The largest absolute Gasteiger partial charge is 0.493 e. The van der Waals surface area contributed by atoms with Crippen molar-refractivity contribution in [1.29, 1.82) is 0 Å². The molecule has 29 heavy (non-hydrogen) atoms. The van der Waals surface area contributed by atoms with Crippen molar-refractivity contribution in [2.24, 2.45) is 0 Å². The molecule has 0 bridgehead atoms. The van der Waals surface area contributed by atoms with Gasteiger partial charge in [0.2, 0.25) is 5.91 Å². The van der Waals surface area contributed by atoms with E-state index >= 15 is 0 Å². The summed E-state index contributed by atoms with van der Waals surface area (Å²) in [5.74, 6) is -1.92. The van der Waals surface area contributed by atoms with Crippen LogP contribution in [0.1, 0.15) is 15.9 Å². The second-order valence-corrected chi connectivity index (χ2v) is 5.96. The standard InChI is InChI=1S/C19H18ClF2NO6/c1-26-15-7-12(18(25)27-2)14(8-16(15)29-19(21)22)23-17(24)10-28-9-11-5-3-4-6-13(11)20/h3-8,19H,9-10H2,1-2H3,(H,23,24). The SMILES string of the molecule is COC(=O)c1cc(OC)c(OC(F)F)cc1NC(=O)COCc1ccccc1Cl. The van der Waals surface area contributed by atoms with E-state index in [1.165, 1.54) is 7.11 Å². The Morgan fingerprint density at radius 1 is 1.14 bits per heavy atom. The van der Waals surface area contributed by atoms with Crippen LogP contribution in [0.2, 0.25) is 5.02 Å². The zero-order chi connectivity index (χ0) is 21.4. The van der Waals surface area contributed by atoms with Gasteiger partial charge in [0, 0.05) is 17.2 Å². The average molecular weight is 430 g/mol. The molecule has 2 aromatic rings. The second-order valence-electron chi connectivity index (χ2n) is 5.55. The molecule has 0 aromatic heterocycles. The van der Waals surface area contributed by atoms with Crippen molar-refractivity contribution < 1.29 is 37.3 Å². The minimum atomic E-state index is -3.13. The van der Waals surface area contributed by atoms with Crippen molar-refractivity contribution in [2.45, 2.75) is 13.2 Å². The number of ether oxygens (including phenoxy) is 4. The highest BCUT2D eigenvalue weighted by Crippen LogP contribution is 2.35. The van der Waals surface area contributed by atoms with Crippen LogP contribution in [0.15, 0.2) is 36.4 Å². The first-order chi connectivity index (χ1) is 13.8. The Labute approximate surface area is 170 Å². The van der Waals surface area contributed by atoms with Gasteiger partial charge in [-0.05, 0) is 11.6 Å². The van der Waals surface area contributed by atoms with Gasteiger partial charge in [-0.25, -0.2) is 4.79 Å². The summed E-state index contributed by atoms with van der Waals surface area (Å²) in [5, 5.41) is 2.90. The quantitative estimate of drug-likeness (QED) is 0.609. The van der Waals surface area contributed by atoms with Gasteiger partial charge in [0.05, 0.1) is 32.1 Å². The van der Waals surface area contributed by atoms with E-state index in [0.29, 0.717) is 10.6 Å². The number of hydrogen-bond acceptors (Lipinski definition) is 6. The molecular formula is C19H18ClF2NO6. The third kappa shape index (κ3) is 6.30. The van der Waals surface area contributed by atoms with E-state index in [4.69, 9.17) is 21.1 Å². The molecule has 0 aliphatic rings. The Kier molecular flexibility index (Phi) is 8.17. The lowest BCUT2D eigenvalue weighted by atomic mass is 10.1. The number of benzene rings is 2. The Morgan fingerprint density at radius 3 is 2.48 bits per heavy atom. The Hall–Kier alpha value is -2.91. The van der Waals surface area contributed by atoms with Gasteiger partial charge in [-0.3, -0.25) is 4.79 Å². The van der Waals surface area contributed by atoms with Gasteiger partial charge in [-0.1, -0.05) is 29.8 Å². The minimum Gasteiger partial charge on any atom is -0.493 e. The first-order valence-corrected chi connectivity index (χ1v) is 8.59. The summed E-state index contributed by atoms with van der Waals surface area (Å²) in [5.41, 5.74) is 0.486. The second kappa shape index (κ2) is 10.6. The number of alkyl halides is 2. The fourth-order valence-corrected chi connectivity index (χ4v) is 2.54. The molecule has 2 rings (SSSR count). The molecule has 0 fully saturated rings. The van der Waals surface area contributed by atoms with Gasteiger partial charge in [0.1, 0.15) is 6.61 Å². The van der Waals surface area contributed by atoms with Crippen LogP contribution in [-0.4, -0.2) is 39.3 Å². The normalized spacial score (nSPS) is 10.6. The highest BCUT2D eigenvalue weighted by atomic mass is 35.5. The number of methoxy groups -OCH3 is 2. The fraction of sp³-hybridized carbons (Fsp3) is 0.263. The maximum atomic E-state index is 12.6. The van der Waals surface area contributed by atoms with Crippen LogP contribution in [0.25, 0.3) is 0 Å². The molecule has 156 valence electrons. The number of carbonyl (C=O) groups excluding carboxylic acids is 2. The predicted octanol–water partition coefficient (Wildman–Crippen LogP) is 3.89. The van der Waals surface area contributed by atoms with E-state index in [9.17, 15) is 18.4 Å². The third-order valence-corrected chi connectivity index (χ3v) is 4.02. The molecule has 1 amide bonds. The van der Waals surface area contributed by atoms with Gasteiger partial charge in [0.15, 0.2) is 11.5 Å². The summed E-state index contributed by atoms with van der Waals surface area (Å²) in [4.78, 5) is 24.2. The molecule has 0 atom stereocenters. The fourth-order valence-electron chi connectivity index (χ4n) is 2.35. The van der Waals surface area contributed by atoms with Crippen molar-refractivity contribution in [1.82, 2.24) is 0 Å². The van der Waals surface area contributed by atoms with Gasteiger partial charge >= 0.3 is 12.6 Å². The molecule has 10 heteroatoms. The smallest absolute Gasteiger partial charge is 0.387 e. The van der Waals surface area contributed by atoms with Gasteiger partial charge in [0.25, 0.3) is 0 Å². The predicted molar refractivity (Wildman–Crippen MR) is 101 cm³/mol. The molecule has 0 aliphatic carbocycles. The number of hydrogen-bond donors (Lipinski definition) is 1. The lowest BCUT2D eigenvalue weighted by Gasteiger charge is -2.15. The van der Waals surface area contributed by atoms with Crippen LogP contribution in [0.5, 0.6) is 11.5 Å². The summed E-state index contributed by atoms with van der Waals surface area (Å²) in [7, 11) is 2.35. The minimum absolute atomic E-state index is 0.0826. The molecule has 0 aliphatic heterocycles. The van der Waals surface area contributed by atoms with Crippen LogP contribution >= 0.6 is 11.6 Å². The number of esters is 1. The maximum absolute atomic E-state index is 12.6. The van der Waals surface area contributed by atoms with E-state index in [1.54, 1.807) is 24.3 Å². The lowest BCUT2D eigenvalue weighted by Crippen LogP contribution is -2.20. The van der Waals surface area contributed by atoms with E-state index in [2.05, 4.69) is 14.8 Å². The number of rotatable bonds is 9. The molecule has 0 saturated heterocycles. The van der Waals surface area contributed by atoms with E-state index in [1.807, 2.05) is 0 Å². The summed E-state index contributed by atoms with van der Waals surface area (Å²) < 4.78 is 44.5. The number of nitrogens with one attached hydrogen (secondary N) is 1. The molecule has 2 aromatic carbocycles. The zero-order valence-corrected chi connectivity index (χ0v) is 16.3. The van der Waals surface area contributed by atoms with E-state index in [-0.39, 0.29) is 36.0 Å². The highest BCUT2D eigenvalue weighted by Gasteiger charge is 2.21. The van der Waals surface area contributed by atoms with Gasteiger partial charge in [-0.2, -0.15) is 8.78 Å². The first kappa shape index (κ1) is 22.4. The Balaban J connectivity index is 2.14. The molecule has 0 radical (unpaired) electrons. The van der Waals surface area contributed by atoms with Crippen molar-refractivity contribution in [3.05, 3.63) is 52.5 Å². The van der Waals surface area contributed by atoms with E-state index in [0.717, 1.165) is 19.2 Å². The molecule has 0 saturated carbocycles. The maximum Gasteiger partial charge on any atom is 0.387 e. The van der Waals surface area contributed by atoms with Crippen LogP contribution in [0.3, 0.4) is 0 Å². The van der Waals surface area contributed by atoms with Crippen LogP contribution < -0.4 is 14.8 Å². The monoisotopic (exact) mass is 429 g/mol. The summed E-state index contributed by atoms with van der Waals surface area (Å²) in [6.07, 6.45) is 0. The van der Waals surface area contributed by atoms with Gasteiger partial charge < -0.3 is 24.3 Å². The molecule has 0 heterocycles. The Bertz CT molecular complexity index is 878. The highest BCUT2D eigenvalue weighted by molar-refractivity contribution is 6.31. The van der Waals surface area contributed by atoms with Crippen LogP contribution in [-0.2, 0) is 20.9 Å². The number of halogens is 3. The van der Waals surface area contributed by atoms with Crippen LogP contribution in [0.4, 0.5) is 14.5 Å². The molecular weight excluding hydrogens is 412 g/mol.